The summed E-state index contributed by atoms with van der Waals surface area (Å²) in [4.78, 5) is 9.09. The Morgan fingerprint density at radius 1 is 1.17 bits per heavy atom. The minimum atomic E-state index is 0.705. The van der Waals surface area contributed by atoms with Gasteiger partial charge in [0, 0.05) is 44.5 Å². The molecule has 1 fully saturated rings. The predicted molar refractivity (Wildman–Crippen MR) is 98.6 cm³/mol. The molecule has 0 saturated carbocycles. The van der Waals surface area contributed by atoms with Crippen molar-refractivity contribution in [2.24, 2.45) is 0 Å². The second-order valence-electron chi connectivity index (χ2n) is 5.83. The van der Waals surface area contributed by atoms with Gasteiger partial charge in [-0.3, -0.25) is 4.90 Å². The van der Waals surface area contributed by atoms with Crippen LogP contribution in [0.3, 0.4) is 0 Å². The quantitative estimate of drug-likeness (QED) is 0.770. The Balaban J connectivity index is 1.44. The van der Waals surface area contributed by atoms with Gasteiger partial charge < -0.3 is 14.4 Å². The Hall–Kier alpha value is -1.79. The minimum Gasteiger partial charge on any atom is -0.494 e. The molecule has 24 heavy (non-hydrogen) atoms. The molecule has 2 aromatic rings. The number of rotatable bonds is 7. The Morgan fingerprint density at radius 3 is 2.71 bits per heavy atom. The zero-order chi connectivity index (χ0) is 16.8. The van der Waals surface area contributed by atoms with E-state index in [0.717, 1.165) is 55.8 Å². The van der Waals surface area contributed by atoms with Crippen LogP contribution in [-0.2, 0) is 0 Å². The van der Waals surface area contributed by atoms with E-state index in [0.29, 0.717) is 6.61 Å². The largest absolute Gasteiger partial charge is 0.494 e. The molecule has 2 heterocycles. The van der Waals surface area contributed by atoms with E-state index in [1.54, 1.807) is 11.3 Å². The molecule has 0 radical (unpaired) electrons. The third-order valence-corrected chi connectivity index (χ3v) is 5.05. The Labute approximate surface area is 147 Å². The lowest BCUT2D eigenvalue weighted by Crippen LogP contribution is -2.47. The number of piperazine rings is 1. The van der Waals surface area contributed by atoms with Gasteiger partial charge in [0.05, 0.1) is 17.8 Å². The van der Waals surface area contributed by atoms with Gasteiger partial charge in [-0.25, -0.2) is 4.98 Å². The summed E-state index contributed by atoms with van der Waals surface area (Å²) in [7, 11) is 0. The van der Waals surface area contributed by atoms with Crippen LogP contribution in [0.15, 0.2) is 29.8 Å². The topological polar surface area (TPSA) is 37.8 Å². The van der Waals surface area contributed by atoms with E-state index in [-0.39, 0.29) is 0 Å². The molecule has 6 heteroatoms. The summed E-state index contributed by atoms with van der Waals surface area (Å²) in [6.07, 6.45) is 0. The summed E-state index contributed by atoms with van der Waals surface area (Å²) in [6, 6.07) is 8.38. The van der Waals surface area contributed by atoms with Gasteiger partial charge in [-0.05, 0) is 26.0 Å². The number of aryl methyl sites for hydroxylation is 1. The lowest BCUT2D eigenvalue weighted by molar-refractivity contribution is 0.202. The van der Waals surface area contributed by atoms with Crippen LogP contribution in [0.4, 0.5) is 5.69 Å². The Kier molecular flexibility index (Phi) is 5.93. The van der Waals surface area contributed by atoms with Crippen molar-refractivity contribution < 1.29 is 9.47 Å². The molecule has 1 aliphatic heterocycles. The molecule has 0 atom stereocenters. The summed E-state index contributed by atoms with van der Waals surface area (Å²) in [5.41, 5.74) is 4.07. The third kappa shape index (κ3) is 4.39. The third-order valence-electron chi connectivity index (χ3n) is 4.21. The summed E-state index contributed by atoms with van der Waals surface area (Å²) in [6.45, 7) is 10.6. The highest BCUT2D eigenvalue weighted by molar-refractivity contribution is 7.11. The van der Waals surface area contributed by atoms with E-state index in [4.69, 9.17) is 9.47 Å². The molecule has 0 N–H and O–H groups in total. The second kappa shape index (κ2) is 8.35. The first-order valence-electron chi connectivity index (χ1n) is 8.49. The fourth-order valence-electron chi connectivity index (χ4n) is 2.86. The highest BCUT2D eigenvalue weighted by Crippen LogP contribution is 2.23. The van der Waals surface area contributed by atoms with Crippen molar-refractivity contribution in [3.05, 3.63) is 35.5 Å². The van der Waals surface area contributed by atoms with E-state index in [1.165, 1.54) is 5.69 Å². The molecule has 1 aromatic carbocycles. The molecular formula is C18H25N3O2S. The molecular weight excluding hydrogens is 322 g/mol. The van der Waals surface area contributed by atoms with Gasteiger partial charge in [-0.2, -0.15) is 0 Å². The van der Waals surface area contributed by atoms with Crippen LogP contribution < -0.4 is 14.4 Å². The second-order valence-corrected chi connectivity index (χ2v) is 6.65. The van der Waals surface area contributed by atoms with Crippen molar-refractivity contribution in [3.8, 4) is 10.8 Å². The molecule has 1 aliphatic rings. The number of anilines is 1. The Bertz CT molecular complexity index is 639. The maximum Gasteiger partial charge on any atom is 0.196 e. The van der Waals surface area contributed by atoms with Crippen LogP contribution in [0.25, 0.3) is 0 Å². The molecule has 130 valence electrons. The molecule has 0 spiro atoms. The smallest absolute Gasteiger partial charge is 0.196 e. The zero-order valence-corrected chi connectivity index (χ0v) is 15.2. The summed E-state index contributed by atoms with van der Waals surface area (Å²) >= 11 is 1.57. The van der Waals surface area contributed by atoms with E-state index < -0.39 is 0 Å². The van der Waals surface area contributed by atoms with Gasteiger partial charge in [-0.1, -0.05) is 17.4 Å². The molecule has 0 bridgehead atoms. The molecule has 0 unspecified atom stereocenters. The van der Waals surface area contributed by atoms with Crippen LogP contribution in [0.1, 0.15) is 12.6 Å². The Morgan fingerprint density at radius 2 is 2.00 bits per heavy atom. The molecule has 1 aromatic heterocycles. The van der Waals surface area contributed by atoms with E-state index in [2.05, 4.69) is 33.0 Å². The van der Waals surface area contributed by atoms with Crippen molar-refractivity contribution in [1.82, 2.24) is 9.88 Å². The molecule has 5 nitrogen and oxygen atoms in total. The number of hydrogen-bond donors (Lipinski definition) is 0. The van der Waals surface area contributed by atoms with Crippen LogP contribution in [0, 0.1) is 6.92 Å². The van der Waals surface area contributed by atoms with Crippen LogP contribution in [0.5, 0.6) is 10.8 Å². The first kappa shape index (κ1) is 17.0. The van der Waals surface area contributed by atoms with Gasteiger partial charge in [0.15, 0.2) is 5.06 Å². The average Bonchev–Trinajstić information content (AvgIpc) is 3.01. The van der Waals surface area contributed by atoms with Crippen molar-refractivity contribution in [3.63, 3.8) is 0 Å². The average molecular weight is 347 g/mol. The zero-order valence-electron chi connectivity index (χ0n) is 14.4. The molecule has 0 amide bonds. The lowest BCUT2D eigenvalue weighted by Gasteiger charge is -2.36. The van der Waals surface area contributed by atoms with Crippen LogP contribution in [0.2, 0.25) is 0 Å². The van der Waals surface area contributed by atoms with Gasteiger partial charge in [-0.15, -0.1) is 0 Å². The first-order chi connectivity index (χ1) is 11.8. The van der Waals surface area contributed by atoms with E-state index in [1.807, 2.05) is 25.4 Å². The molecule has 3 rings (SSSR count). The van der Waals surface area contributed by atoms with E-state index in [9.17, 15) is 0 Å². The van der Waals surface area contributed by atoms with Gasteiger partial charge in [0.25, 0.3) is 0 Å². The number of aromatic nitrogens is 1. The number of nitrogens with zero attached hydrogens (tertiary/aromatic N) is 3. The molecule has 0 aliphatic carbocycles. The standard InChI is InChI=1S/C18H25N3O2S/c1-3-22-17-6-4-5-16(13-17)21-9-7-20(8-10-21)11-12-23-18-15(2)19-14-24-18/h4-6,13-14H,3,7-12H2,1-2H3. The number of thiazole rings is 1. The fraction of sp³-hybridized carbons (Fsp3) is 0.500. The highest BCUT2D eigenvalue weighted by Gasteiger charge is 2.17. The monoisotopic (exact) mass is 347 g/mol. The first-order valence-corrected chi connectivity index (χ1v) is 9.37. The summed E-state index contributed by atoms with van der Waals surface area (Å²) in [5, 5.41) is 0.946. The minimum absolute atomic E-state index is 0.705. The van der Waals surface area contributed by atoms with E-state index >= 15 is 0 Å². The maximum atomic E-state index is 5.82. The van der Waals surface area contributed by atoms with Gasteiger partial charge in [0.1, 0.15) is 12.4 Å². The maximum absolute atomic E-state index is 5.82. The van der Waals surface area contributed by atoms with Crippen molar-refractivity contribution in [1.29, 1.82) is 0 Å². The fourth-order valence-corrected chi connectivity index (χ4v) is 3.54. The summed E-state index contributed by atoms with van der Waals surface area (Å²) < 4.78 is 11.4. The number of benzene rings is 1. The molecule has 1 saturated heterocycles. The number of hydrogen-bond acceptors (Lipinski definition) is 6. The highest BCUT2D eigenvalue weighted by atomic mass is 32.1. The van der Waals surface area contributed by atoms with Crippen molar-refractivity contribution in [2.45, 2.75) is 13.8 Å². The van der Waals surface area contributed by atoms with Gasteiger partial charge in [0.2, 0.25) is 0 Å². The predicted octanol–water partition coefficient (Wildman–Crippen LogP) is 3.05. The number of ether oxygens (including phenoxy) is 2. The van der Waals surface area contributed by atoms with Crippen molar-refractivity contribution in [2.75, 3.05) is 50.8 Å². The summed E-state index contributed by atoms with van der Waals surface area (Å²) in [5.74, 6) is 0.950. The van der Waals surface area contributed by atoms with Gasteiger partial charge >= 0.3 is 0 Å². The lowest BCUT2D eigenvalue weighted by atomic mass is 10.2. The van der Waals surface area contributed by atoms with Crippen molar-refractivity contribution >= 4 is 17.0 Å². The van der Waals surface area contributed by atoms with Crippen LogP contribution >= 0.6 is 11.3 Å². The van der Waals surface area contributed by atoms with Crippen LogP contribution in [-0.4, -0.2) is 55.8 Å². The normalized spacial score (nSPS) is 15.5. The SMILES string of the molecule is CCOc1cccc(N2CCN(CCOc3scnc3C)CC2)c1.